The van der Waals surface area contributed by atoms with Crippen LogP contribution < -0.4 is 4.74 Å². The highest BCUT2D eigenvalue weighted by atomic mass is 16.5. The average molecular weight is 342 g/mol. The van der Waals surface area contributed by atoms with Crippen LogP contribution in [0.4, 0.5) is 0 Å². The van der Waals surface area contributed by atoms with Crippen molar-refractivity contribution in [2.45, 2.75) is 63.6 Å². The number of phenolic OH excluding ortho intramolecular Hbond substituents is 1. The first-order chi connectivity index (χ1) is 11.9. The van der Waals surface area contributed by atoms with Crippen molar-refractivity contribution in [1.82, 2.24) is 0 Å². The van der Waals surface area contributed by atoms with Crippen molar-refractivity contribution in [3.05, 3.63) is 23.3 Å². The summed E-state index contributed by atoms with van der Waals surface area (Å²) < 4.78 is 12.3. The normalized spacial score (nSPS) is 43.3. The van der Waals surface area contributed by atoms with E-state index in [-0.39, 0.29) is 40.5 Å². The molecule has 1 aromatic carbocycles. The lowest BCUT2D eigenvalue weighted by molar-refractivity contribution is -0.175. The van der Waals surface area contributed by atoms with Gasteiger partial charge in [-0.05, 0) is 55.6 Å². The predicted molar refractivity (Wildman–Crippen MR) is 92.9 cm³/mol. The van der Waals surface area contributed by atoms with E-state index in [1.165, 1.54) is 24.0 Å². The second-order valence-corrected chi connectivity index (χ2v) is 8.79. The minimum atomic E-state index is -0.248. The smallest absolute Gasteiger partial charge is 0.165 e. The lowest BCUT2D eigenvalue weighted by Crippen LogP contribution is -2.68. The number of phenols is 1. The molecule has 0 saturated heterocycles. The maximum absolute atomic E-state index is 12.4. The van der Waals surface area contributed by atoms with Gasteiger partial charge in [-0.2, -0.15) is 0 Å². The first kappa shape index (κ1) is 15.7. The number of hydrogen-bond acceptors (Lipinski definition) is 4. The number of carbonyl (C=O) groups excluding carboxylic acids is 1. The molecule has 5 rings (SSSR count). The number of methoxy groups -OCH3 is 1. The number of ketones is 1. The van der Waals surface area contributed by atoms with Crippen molar-refractivity contribution in [3.8, 4) is 11.5 Å². The van der Waals surface area contributed by atoms with Crippen LogP contribution in [-0.2, 0) is 21.4 Å². The van der Waals surface area contributed by atoms with Crippen LogP contribution >= 0.6 is 0 Å². The van der Waals surface area contributed by atoms with E-state index in [4.69, 9.17) is 9.47 Å². The molecule has 3 aliphatic carbocycles. The van der Waals surface area contributed by atoms with Crippen LogP contribution in [0.25, 0.3) is 0 Å². The molecule has 4 aliphatic rings. The van der Waals surface area contributed by atoms with Gasteiger partial charge in [-0.1, -0.05) is 19.4 Å². The van der Waals surface area contributed by atoms with Gasteiger partial charge < -0.3 is 14.6 Å². The van der Waals surface area contributed by atoms with Gasteiger partial charge in [-0.15, -0.1) is 0 Å². The number of Topliss-reactive ketones (excluding diaryl/α,β-unsaturated/α-hetero) is 1. The molecule has 2 bridgehead atoms. The molecule has 6 atom stereocenters. The number of carbonyl (C=O) groups is 1. The first-order valence-electron chi connectivity index (χ1n) is 9.49. The third-order valence-electron chi connectivity index (χ3n) is 8.04. The fraction of sp³-hybridized carbons (Fsp3) is 0.667. The molecule has 1 N–H and O–H groups in total. The van der Waals surface area contributed by atoms with Gasteiger partial charge in [0.15, 0.2) is 11.5 Å². The zero-order valence-electron chi connectivity index (χ0n) is 15.2. The van der Waals surface area contributed by atoms with Gasteiger partial charge in [0, 0.05) is 24.0 Å². The van der Waals surface area contributed by atoms with Crippen LogP contribution in [0.1, 0.15) is 50.7 Å². The summed E-state index contributed by atoms with van der Waals surface area (Å²) in [6, 6.07) is 3.85. The highest BCUT2D eigenvalue weighted by molar-refractivity contribution is 5.80. The molecule has 1 aromatic rings. The SMILES string of the molecule is COC1C(C(C)=O)CC2(C)C3CCCC24c2c(ccc(O)c2OC14)C3. The summed E-state index contributed by atoms with van der Waals surface area (Å²) in [5, 5.41) is 10.5. The van der Waals surface area contributed by atoms with Gasteiger partial charge in [0.2, 0.25) is 0 Å². The van der Waals surface area contributed by atoms with Gasteiger partial charge in [-0.3, -0.25) is 4.79 Å². The fourth-order valence-corrected chi connectivity index (χ4v) is 6.97. The molecule has 4 nitrogen and oxygen atoms in total. The Morgan fingerprint density at radius 3 is 2.92 bits per heavy atom. The van der Waals surface area contributed by atoms with Crippen molar-refractivity contribution in [3.63, 3.8) is 0 Å². The van der Waals surface area contributed by atoms with E-state index < -0.39 is 0 Å². The number of benzene rings is 1. The van der Waals surface area contributed by atoms with Gasteiger partial charge in [-0.25, -0.2) is 0 Å². The molecule has 2 fully saturated rings. The molecule has 1 aliphatic heterocycles. The molecule has 4 heteroatoms. The standard InChI is InChI=1S/C21H26O4/c1-11(22)14-10-20(2)13-5-4-8-21(20)16-12(9-13)6-7-15(23)18(16)25-19(21)17(14)24-3/h6-7,13-14,17,19,23H,4-5,8-10H2,1-3H3. The lowest BCUT2D eigenvalue weighted by Gasteiger charge is -2.64. The van der Waals surface area contributed by atoms with Crippen LogP contribution in [0, 0.1) is 17.3 Å². The summed E-state index contributed by atoms with van der Waals surface area (Å²) in [5.41, 5.74) is 2.44. The molecule has 0 amide bonds. The van der Waals surface area contributed by atoms with Gasteiger partial charge >= 0.3 is 0 Å². The zero-order valence-corrected chi connectivity index (χ0v) is 15.2. The van der Waals surface area contributed by atoms with Crippen LogP contribution in [0.5, 0.6) is 11.5 Å². The summed E-state index contributed by atoms with van der Waals surface area (Å²) in [7, 11) is 1.69. The van der Waals surface area contributed by atoms with Crippen molar-refractivity contribution in [2.24, 2.45) is 17.3 Å². The Kier molecular flexibility index (Phi) is 3.00. The summed E-state index contributed by atoms with van der Waals surface area (Å²) in [6.45, 7) is 4.05. The lowest BCUT2D eigenvalue weighted by atomic mass is 9.39. The fourth-order valence-electron chi connectivity index (χ4n) is 6.97. The molecule has 6 unspecified atom stereocenters. The highest BCUT2D eigenvalue weighted by Gasteiger charge is 2.72. The number of aromatic hydroxyl groups is 1. The zero-order chi connectivity index (χ0) is 17.6. The average Bonchev–Trinajstić information content (AvgIpc) is 2.90. The third-order valence-corrected chi connectivity index (χ3v) is 8.04. The van der Waals surface area contributed by atoms with Gasteiger partial charge in [0.05, 0.1) is 0 Å². The van der Waals surface area contributed by atoms with E-state index in [2.05, 4.69) is 13.0 Å². The van der Waals surface area contributed by atoms with E-state index in [1.54, 1.807) is 20.1 Å². The molecular formula is C21H26O4. The summed E-state index contributed by atoms with van der Waals surface area (Å²) >= 11 is 0. The number of ether oxygens (including phenoxy) is 2. The van der Waals surface area contributed by atoms with E-state index in [0.29, 0.717) is 11.7 Å². The maximum atomic E-state index is 12.4. The second-order valence-electron chi connectivity index (χ2n) is 8.79. The van der Waals surface area contributed by atoms with Gasteiger partial charge in [0.1, 0.15) is 18.0 Å². The topological polar surface area (TPSA) is 55.8 Å². The summed E-state index contributed by atoms with van der Waals surface area (Å²) in [5.74, 6) is 1.50. The number of hydrogen-bond donors (Lipinski definition) is 1. The van der Waals surface area contributed by atoms with Crippen LogP contribution in [0.15, 0.2) is 12.1 Å². The molecule has 0 radical (unpaired) electrons. The maximum Gasteiger partial charge on any atom is 0.165 e. The van der Waals surface area contributed by atoms with E-state index in [1.807, 2.05) is 0 Å². The largest absolute Gasteiger partial charge is 0.504 e. The van der Waals surface area contributed by atoms with Crippen molar-refractivity contribution in [2.75, 3.05) is 7.11 Å². The van der Waals surface area contributed by atoms with E-state index in [9.17, 15) is 9.90 Å². The highest BCUT2D eigenvalue weighted by Crippen LogP contribution is 2.72. The Morgan fingerprint density at radius 2 is 2.20 bits per heavy atom. The quantitative estimate of drug-likeness (QED) is 0.895. The second kappa shape index (κ2) is 4.79. The Balaban J connectivity index is 1.81. The van der Waals surface area contributed by atoms with E-state index in [0.717, 1.165) is 19.3 Å². The van der Waals surface area contributed by atoms with Crippen LogP contribution in [0.3, 0.4) is 0 Å². The molecule has 2 saturated carbocycles. The molecule has 25 heavy (non-hydrogen) atoms. The Bertz CT molecular complexity index is 771. The molecule has 134 valence electrons. The van der Waals surface area contributed by atoms with E-state index >= 15 is 0 Å². The van der Waals surface area contributed by atoms with Crippen molar-refractivity contribution >= 4 is 5.78 Å². The Hall–Kier alpha value is -1.55. The number of rotatable bonds is 2. The monoisotopic (exact) mass is 342 g/mol. The Morgan fingerprint density at radius 1 is 1.40 bits per heavy atom. The first-order valence-corrected chi connectivity index (χ1v) is 9.49. The molecular weight excluding hydrogens is 316 g/mol. The van der Waals surface area contributed by atoms with Gasteiger partial charge in [0.25, 0.3) is 0 Å². The summed E-state index contributed by atoms with van der Waals surface area (Å²) in [4.78, 5) is 12.4. The molecule has 1 spiro atoms. The van der Waals surface area contributed by atoms with Crippen molar-refractivity contribution in [1.29, 1.82) is 0 Å². The Labute approximate surface area is 148 Å². The predicted octanol–water partition coefficient (Wildman–Crippen LogP) is 3.38. The van der Waals surface area contributed by atoms with Crippen LogP contribution in [-0.4, -0.2) is 30.2 Å². The minimum absolute atomic E-state index is 0.0212. The van der Waals surface area contributed by atoms with Crippen LogP contribution in [0.2, 0.25) is 0 Å². The molecule has 1 heterocycles. The minimum Gasteiger partial charge on any atom is -0.504 e. The summed E-state index contributed by atoms with van der Waals surface area (Å²) in [6.07, 6.45) is 4.90. The molecule has 0 aromatic heterocycles. The van der Waals surface area contributed by atoms with Crippen molar-refractivity contribution < 1.29 is 19.4 Å². The third kappa shape index (κ3) is 1.61.